The lowest BCUT2D eigenvalue weighted by atomic mass is 10.1. The zero-order valence-electron chi connectivity index (χ0n) is 21.8. The Hall–Kier alpha value is -4.10. The highest BCUT2D eigenvalue weighted by atomic mass is 32.1. The average Bonchev–Trinajstić information content (AvgIpc) is 3.33. The van der Waals surface area contributed by atoms with Crippen LogP contribution in [0.15, 0.2) is 54.6 Å². The molecular formula is C27H29F3N4O5S. The highest BCUT2D eigenvalue weighted by Crippen LogP contribution is 2.37. The van der Waals surface area contributed by atoms with Gasteiger partial charge in [0.1, 0.15) is 24.0 Å². The SMILES string of the molecule is CCN(CC)CCOc1cccc(-c2cc(C(=O)Nc3cccc(COC(=O)C(F)(F)F)c3)c(NC(N)=O)s2)c1. The van der Waals surface area contributed by atoms with Crippen LogP contribution in [0.2, 0.25) is 0 Å². The van der Waals surface area contributed by atoms with Gasteiger partial charge in [0.25, 0.3) is 5.91 Å². The molecular weight excluding hydrogens is 549 g/mol. The average molecular weight is 579 g/mol. The number of hydrogen-bond acceptors (Lipinski definition) is 7. The number of hydrogen-bond donors (Lipinski definition) is 3. The van der Waals surface area contributed by atoms with Crippen molar-refractivity contribution >= 4 is 39.9 Å². The van der Waals surface area contributed by atoms with Gasteiger partial charge >= 0.3 is 18.2 Å². The number of likely N-dealkylation sites (N-methyl/N-ethyl adjacent to an activating group) is 1. The summed E-state index contributed by atoms with van der Waals surface area (Å²) in [5.74, 6) is -2.26. The fourth-order valence-corrected chi connectivity index (χ4v) is 4.70. The number of alkyl halides is 3. The van der Waals surface area contributed by atoms with Crippen molar-refractivity contribution in [3.8, 4) is 16.2 Å². The van der Waals surface area contributed by atoms with E-state index in [0.29, 0.717) is 17.2 Å². The summed E-state index contributed by atoms with van der Waals surface area (Å²) in [4.78, 5) is 38.6. The van der Waals surface area contributed by atoms with Crippen LogP contribution in [0.4, 0.5) is 28.7 Å². The number of urea groups is 1. The normalized spacial score (nSPS) is 11.2. The Balaban J connectivity index is 1.76. The fourth-order valence-electron chi connectivity index (χ4n) is 3.65. The smallest absolute Gasteiger partial charge is 0.490 e. The van der Waals surface area contributed by atoms with Gasteiger partial charge in [-0.05, 0) is 54.5 Å². The molecule has 0 aliphatic rings. The third-order valence-corrected chi connectivity index (χ3v) is 6.79. The molecule has 0 saturated carbocycles. The number of thiophene rings is 1. The quantitative estimate of drug-likeness (QED) is 0.245. The molecule has 0 saturated heterocycles. The summed E-state index contributed by atoms with van der Waals surface area (Å²) in [6.45, 7) is 6.66. The predicted octanol–water partition coefficient (Wildman–Crippen LogP) is 5.48. The molecule has 0 aliphatic heterocycles. The Morgan fingerprint density at radius 2 is 1.73 bits per heavy atom. The maximum absolute atomic E-state index is 13.1. The van der Waals surface area contributed by atoms with Crippen LogP contribution < -0.4 is 21.1 Å². The van der Waals surface area contributed by atoms with Crippen LogP contribution >= 0.6 is 11.3 Å². The van der Waals surface area contributed by atoms with Crippen molar-refractivity contribution < 1.29 is 37.0 Å². The van der Waals surface area contributed by atoms with Crippen LogP contribution in [0, 0.1) is 0 Å². The van der Waals surface area contributed by atoms with E-state index in [1.54, 1.807) is 6.07 Å². The van der Waals surface area contributed by atoms with Gasteiger partial charge in [0.15, 0.2) is 0 Å². The molecule has 0 unspecified atom stereocenters. The first-order valence-corrected chi connectivity index (χ1v) is 13.1. The number of nitrogens with two attached hydrogens (primary N) is 1. The van der Waals surface area contributed by atoms with E-state index in [1.165, 1.54) is 24.3 Å². The fraction of sp³-hybridized carbons (Fsp3) is 0.296. The van der Waals surface area contributed by atoms with Crippen LogP contribution in [-0.4, -0.2) is 55.2 Å². The van der Waals surface area contributed by atoms with Crippen LogP contribution in [-0.2, 0) is 16.1 Å². The van der Waals surface area contributed by atoms with Gasteiger partial charge in [-0.1, -0.05) is 38.1 Å². The number of nitrogens with one attached hydrogen (secondary N) is 2. The third kappa shape index (κ3) is 8.71. The van der Waals surface area contributed by atoms with E-state index < -0.39 is 30.7 Å². The molecule has 0 aliphatic carbocycles. The monoisotopic (exact) mass is 578 g/mol. The van der Waals surface area contributed by atoms with Gasteiger partial charge in [-0.25, -0.2) is 9.59 Å². The summed E-state index contributed by atoms with van der Waals surface area (Å²) in [5.41, 5.74) is 6.66. The lowest BCUT2D eigenvalue weighted by Gasteiger charge is -2.18. The molecule has 4 N–H and O–H groups in total. The number of halogens is 3. The van der Waals surface area contributed by atoms with Crippen LogP contribution in [0.3, 0.4) is 0 Å². The molecule has 1 heterocycles. The summed E-state index contributed by atoms with van der Waals surface area (Å²) in [7, 11) is 0. The number of esters is 1. The first-order chi connectivity index (χ1) is 19.0. The van der Waals surface area contributed by atoms with Gasteiger partial charge in [0, 0.05) is 17.1 Å². The Kier molecular flexibility index (Phi) is 10.5. The van der Waals surface area contributed by atoms with E-state index in [9.17, 15) is 27.6 Å². The molecule has 2 aromatic carbocycles. The zero-order valence-corrected chi connectivity index (χ0v) is 22.7. The summed E-state index contributed by atoms with van der Waals surface area (Å²) in [5, 5.41) is 5.31. The lowest BCUT2D eigenvalue weighted by molar-refractivity contribution is -0.201. The van der Waals surface area contributed by atoms with Crippen molar-refractivity contribution in [2.24, 2.45) is 5.73 Å². The minimum atomic E-state index is -5.11. The third-order valence-electron chi connectivity index (χ3n) is 5.69. The molecule has 3 rings (SSSR count). The number of ether oxygens (including phenoxy) is 2. The van der Waals surface area contributed by atoms with Crippen molar-refractivity contribution in [2.75, 3.05) is 36.9 Å². The van der Waals surface area contributed by atoms with Crippen molar-refractivity contribution in [3.63, 3.8) is 0 Å². The number of rotatable bonds is 12. The number of nitrogens with zero attached hydrogens (tertiary/aromatic N) is 1. The van der Waals surface area contributed by atoms with Gasteiger partial charge < -0.3 is 25.4 Å². The van der Waals surface area contributed by atoms with E-state index in [0.717, 1.165) is 36.5 Å². The van der Waals surface area contributed by atoms with E-state index in [2.05, 4.69) is 34.1 Å². The van der Waals surface area contributed by atoms with Crippen LogP contribution in [0.5, 0.6) is 5.75 Å². The summed E-state index contributed by atoms with van der Waals surface area (Å²) in [6.07, 6.45) is -5.11. The molecule has 3 amide bonds. The standard InChI is InChI=1S/C27H29F3N4O5S/c1-3-34(4-2)11-12-38-20-10-6-8-18(14-20)22-15-21(24(40-22)33-26(31)37)23(35)32-19-9-5-7-17(13-19)16-39-25(36)27(28,29)30/h5-10,13-15H,3-4,11-12,16H2,1-2H3,(H,32,35)(H3,31,33,37). The molecule has 0 radical (unpaired) electrons. The van der Waals surface area contributed by atoms with E-state index in [-0.39, 0.29) is 21.8 Å². The van der Waals surface area contributed by atoms with Gasteiger partial charge in [-0.3, -0.25) is 10.1 Å². The number of amides is 3. The highest BCUT2D eigenvalue weighted by molar-refractivity contribution is 7.20. The van der Waals surface area contributed by atoms with Crippen LogP contribution in [0.1, 0.15) is 29.8 Å². The molecule has 0 spiro atoms. The topological polar surface area (TPSA) is 123 Å². The summed E-state index contributed by atoms with van der Waals surface area (Å²) >= 11 is 1.14. The molecule has 40 heavy (non-hydrogen) atoms. The Morgan fingerprint density at radius 3 is 2.40 bits per heavy atom. The first kappa shape index (κ1) is 30.4. The molecule has 9 nitrogen and oxygen atoms in total. The van der Waals surface area contributed by atoms with Crippen molar-refractivity contribution in [2.45, 2.75) is 26.6 Å². The number of primary amides is 1. The molecule has 0 bridgehead atoms. The Bertz CT molecular complexity index is 1340. The molecule has 214 valence electrons. The van der Waals surface area contributed by atoms with E-state index >= 15 is 0 Å². The molecule has 0 fully saturated rings. The molecule has 1 aromatic heterocycles. The predicted molar refractivity (Wildman–Crippen MR) is 146 cm³/mol. The lowest BCUT2D eigenvalue weighted by Crippen LogP contribution is -2.27. The Labute approximate surface area is 233 Å². The maximum atomic E-state index is 13.1. The largest absolute Gasteiger partial charge is 0.492 e. The minimum absolute atomic E-state index is 0.126. The number of benzene rings is 2. The minimum Gasteiger partial charge on any atom is -0.492 e. The number of carbonyl (C=O) groups is 3. The molecule has 13 heteroatoms. The zero-order chi connectivity index (χ0) is 29.3. The van der Waals surface area contributed by atoms with Crippen LogP contribution in [0.25, 0.3) is 10.4 Å². The van der Waals surface area contributed by atoms with Gasteiger partial charge in [-0.15, -0.1) is 11.3 Å². The maximum Gasteiger partial charge on any atom is 0.490 e. The van der Waals surface area contributed by atoms with E-state index in [4.69, 9.17) is 10.5 Å². The van der Waals surface area contributed by atoms with E-state index in [1.807, 2.05) is 24.3 Å². The van der Waals surface area contributed by atoms with Gasteiger partial charge in [-0.2, -0.15) is 13.2 Å². The highest BCUT2D eigenvalue weighted by Gasteiger charge is 2.40. The number of carbonyl (C=O) groups excluding carboxylic acids is 3. The second-order valence-electron chi connectivity index (χ2n) is 8.47. The first-order valence-electron chi connectivity index (χ1n) is 12.3. The molecule has 0 atom stereocenters. The number of anilines is 2. The summed E-state index contributed by atoms with van der Waals surface area (Å²) in [6, 6.07) is 13.9. The second kappa shape index (κ2) is 13.8. The Morgan fingerprint density at radius 1 is 1.00 bits per heavy atom. The second-order valence-corrected chi connectivity index (χ2v) is 9.53. The van der Waals surface area contributed by atoms with Gasteiger partial charge in [0.05, 0.1) is 5.56 Å². The van der Waals surface area contributed by atoms with Gasteiger partial charge in [0.2, 0.25) is 0 Å². The summed E-state index contributed by atoms with van der Waals surface area (Å²) < 4.78 is 47.4. The molecule has 3 aromatic rings. The van der Waals surface area contributed by atoms with Crippen molar-refractivity contribution in [1.29, 1.82) is 0 Å². The van der Waals surface area contributed by atoms with Crippen molar-refractivity contribution in [3.05, 3.63) is 65.7 Å². The van der Waals surface area contributed by atoms with Crippen molar-refractivity contribution in [1.82, 2.24) is 4.90 Å².